The molecular formula is C16H17NO6. The molecule has 0 radical (unpaired) electrons. The molecule has 7 nitrogen and oxygen atoms in total. The zero-order chi connectivity index (χ0) is 16.8. The second kappa shape index (κ2) is 7.35. The van der Waals surface area contributed by atoms with E-state index in [-0.39, 0.29) is 0 Å². The lowest BCUT2D eigenvalue weighted by molar-refractivity contribution is -0.119. The first-order chi connectivity index (χ1) is 11.0. The number of rotatable bonds is 6. The molecule has 7 heteroatoms. The lowest BCUT2D eigenvalue weighted by atomic mass is 10.2. The average Bonchev–Trinajstić information content (AvgIpc) is 2.99. The Labute approximate surface area is 133 Å². The van der Waals surface area contributed by atoms with Crippen LogP contribution in [0.4, 0.5) is 5.69 Å². The molecule has 1 aromatic heterocycles. The summed E-state index contributed by atoms with van der Waals surface area (Å²) in [6, 6.07) is 6.44. The van der Waals surface area contributed by atoms with Gasteiger partial charge < -0.3 is 23.9 Å². The fourth-order valence-electron chi connectivity index (χ4n) is 1.89. The second-order valence-electron chi connectivity index (χ2n) is 4.58. The molecule has 0 unspecified atom stereocenters. The number of furan rings is 1. The predicted molar refractivity (Wildman–Crippen MR) is 81.9 cm³/mol. The van der Waals surface area contributed by atoms with E-state index in [1.54, 1.807) is 25.1 Å². The van der Waals surface area contributed by atoms with Crippen LogP contribution in [0.2, 0.25) is 0 Å². The van der Waals surface area contributed by atoms with Crippen LogP contribution in [0.3, 0.4) is 0 Å². The third-order valence-electron chi connectivity index (χ3n) is 3.10. The number of ether oxygens (including phenoxy) is 3. The number of hydrogen-bond donors (Lipinski definition) is 1. The first-order valence-corrected chi connectivity index (χ1v) is 6.78. The fraction of sp³-hybridized carbons (Fsp3) is 0.250. The van der Waals surface area contributed by atoms with Crippen molar-refractivity contribution in [3.8, 4) is 11.5 Å². The Morgan fingerprint density at radius 1 is 1.17 bits per heavy atom. The minimum atomic E-state index is -0.618. The normalized spacial score (nSPS) is 10.0. The Morgan fingerprint density at radius 2 is 1.96 bits per heavy atom. The summed E-state index contributed by atoms with van der Waals surface area (Å²) in [6.07, 6.45) is 1.38. The summed E-state index contributed by atoms with van der Waals surface area (Å²) in [5.41, 5.74) is 0.744. The maximum Gasteiger partial charge on any atom is 0.342 e. The molecule has 0 saturated heterocycles. The summed E-state index contributed by atoms with van der Waals surface area (Å²) in [6.45, 7) is 1.22. The SMILES string of the molecule is COc1ccc(NC(=O)COC(=O)c2ccoc2C)c(OC)c1. The Hall–Kier alpha value is -2.96. The molecular weight excluding hydrogens is 302 g/mol. The Balaban J connectivity index is 1.95. The van der Waals surface area contributed by atoms with Crippen molar-refractivity contribution < 1.29 is 28.2 Å². The summed E-state index contributed by atoms with van der Waals surface area (Å²) >= 11 is 0. The number of nitrogens with one attached hydrogen (secondary N) is 1. The van der Waals surface area contributed by atoms with Crippen molar-refractivity contribution >= 4 is 17.6 Å². The molecule has 1 aromatic carbocycles. The van der Waals surface area contributed by atoms with E-state index in [2.05, 4.69) is 5.32 Å². The molecule has 2 rings (SSSR count). The van der Waals surface area contributed by atoms with Crippen LogP contribution in [0.25, 0.3) is 0 Å². The van der Waals surface area contributed by atoms with Gasteiger partial charge in [-0.05, 0) is 25.1 Å². The number of aryl methyl sites for hydroxylation is 1. The van der Waals surface area contributed by atoms with E-state index in [1.807, 2.05) is 0 Å². The van der Waals surface area contributed by atoms with Gasteiger partial charge in [0.15, 0.2) is 6.61 Å². The molecule has 0 fully saturated rings. The Morgan fingerprint density at radius 3 is 2.57 bits per heavy atom. The Bertz CT molecular complexity index is 706. The second-order valence-corrected chi connectivity index (χ2v) is 4.58. The van der Waals surface area contributed by atoms with E-state index in [1.165, 1.54) is 26.5 Å². The topological polar surface area (TPSA) is 87.0 Å². The van der Waals surface area contributed by atoms with Crippen molar-refractivity contribution in [3.05, 3.63) is 41.9 Å². The van der Waals surface area contributed by atoms with E-state index in [9.17, 15) is 9.59 Å². The van der Waals surface area contributed by atoms with Gasteiger partial charge in [0.1, 0.15) is 22.8 Å². The van der Waals surface area contributed by atoms with E-state index in [4.69, 9.17) is 18.6 Å². The van der Waals surface area contributed by atoms with Crippen molar-refractivity contribution in [2.45, 2.75) is 6.92 Å². The van der Waals surface area contributed by atoms with Crippen LogP contribution in [-0.2, 0) is 9.53 Å². The largest absolute Gasteiger partial charge is 0.497 e. The summed E-state index contributed by atoms with van der Waals surface area (Å²) in [5, 5.41) is 2.61. The molecule has 1 heterocycles. The molecule has 1 N–H and O–H groups in total. The summed E-state index contributed by atoms with van der Waals surface area (Å²) in [4.78, 5) is 23.7. The van der Waals surface area contributed by atoms with Crippen molar-refractivity contribution in [1.29, 1.82) is 0 Å². The Kier molecular flexibility index (Phi) is 5.24. The van der Waals surface area contributed by atoms with Crippen LogP contribution in [-0.4, -0.2) is 32.7 Å². The van der Waals surface area contributed by atoms with Crippen molar-refractivity contribution in [1.82, 2.24) is 0 Å². The van der Waals surface area contributed by atoms with Gasteiger partial charge in [-0.15, -0.1) is 0 Å². The third-order valence-corrected chi connectivity index (χ3v) is 3.10. The maximum atomic E-state index is 11.9. The predicted octanol–water partition coefficient (Wildman–Crippen LogP) is 2.40. The number of carbonyl (C=O) groups excluding carboxylic acids is 2. The molecule has 122 valence electrons. The van der Waals surface area contributed by atoms with Gasteiger partial charge in [-0.1, -0.05) is 0 Å². The number of esters is 1. The van der Waals surface area contributed by atoms with E-state index < -0.39 is 18.5 Å². The van der Waals surface area contributed by atoms with Crippen LogP contribution in [0.15, 0.2) is 34.9 Å². The minimum Gasteiger partial charge on any atom is -0.497 e. The number of amides is 1. The molecule has 1 amide bonds. The van der Waals surface area contributed by atoms with Crippen LogP contribution < -0.4 is 14.8 Å². The minimum absolute atomic E-state index is 0.292. The molecule has 0 saturated carbocycles. The molecule has 0 aliphatic carbocycles. The number of hydrogen-bond acceptors (Lipinski definition) is 6. The van der Waals surface area contributed by atoms with Crippen molar-refractivity contribution in [3.63, 3.8) is 0 Å². The lowest BCUT2D eigenvalue weighted by Crippen LogP contribution is -2.21. The van der Waals surface area contributed by atoms with Crippen LogP contribution in [0.1, 0.15) is 16.1 Å². The fourth-order valence-corrected chi connectivity index (χ4v) is 1.89. The van der Waals surface area contributed by atoms with Gasteiger partial charge in [0.2, 0.25) is 0 Å². The zero-order valence-corrected chi connectivity index (χ0v) is 13.0. The third kappa shape index (κ3) is 4.03. The monoisotopic (exact) mass is 319 g/mol. The molecule has 0 bridgehead atoms. The van der Waals surface area contributed by atoms with Crippen LogP contribution in [0.5, 0.6) is 11.5 Å². The number of anilines is 1. The van der Waals surface area contributed by atoms with E-state index in [0.29, 0.717) is 28.5 Å². The van der Waals surface area contributed by atoms with Gasteiger partial charge in [-0.2, -0.15) is 0 Å². The average molecular weight is 319 g/mol. The highest BCUT2D eigenvalue weighted by Crippen LogP contribution is 2.28. The molecule has 0 aliphatic heterocycles. The highest BCUT2D eigenvalue weighted by Gasteiger charge is 2.15. The molecule has 0 aliphatic rings. The first-order valence-electron chi connectivity index (χ1n) is 6.78. The smallest absolute Gasteiger partial charge is 0.342 e. The van der Waals surface area contributed by atoms with Gasteiger partial charge >= 0.3 is 5.97 Å². The molecule has 23 heavy (non-hydrogen) atoms. The summed E-state index contributed by atoms with van der Waals surface area (Å²) in [7, 11) is 3.01. The highest BCUT2D eigenvalue weighted by molar-refractivity contribution is 5.96. The maximum absolute atomic E-state index is 11.9. The van der Waals surface area contributed by atoms with Gasteiger partial charge in [-0.25, -0.2) is 4.79 Å². The van der Waals surface area contributed by atoms with Crippen molar-refractivity contribution in [2.75, 3.05) is 26.1 Å². The zero-order valence-electron chi connectivity index (χ0n) is 13.0. The molecule has 0 atom stereocenters. The van der Waals surface area contributed by atoms with Crippen LogP contribution >= 0.6 is 0 Å². The van der Waals surface area contributed by atoms with E-state index >= 15 is 0 Å². The lowest BCUT2D eigenvalue weighted by Gasteiger charge is -2.11. The quantitative estimate of drug-likeness (QED) is 0.823. The van der Waals surface area contributed by atoms with E-state index in [0.717, 1.165) is 0 Å². The number of methoxy groups -OCH3 is 2. The number of carbonyl (C=O) groups is 2. The van der Waals surface area contributed by atoms with Crippen LogP contribution in [0, 0.1) is 6.92 Å². The molecule has 2 aromatic rings. The van der Waals surface area contributed by atoms with Gasteiger partial charge in [-0.3, -0.25) is 4.79 Å². The standard InChI is InChI=1S/C16H17NO6/c1-10-12(6-7-22-10)16(19)23-9-15(18)17-13-5-4-11(20-2)8-14(13)21-3/h4-8H,9H2,1-3H3,(H,17,18). The van der Waals surface area contributed by atoms with Gasteiger partial charge in [0.05, 0.1) is 26.2 Å². The highest BCUT2D eigenvalue weighted by atomic mass is 16.5. The first kappa shape index (κ1) is 16.4. The van der Waals surface area contributed by atoms with Crippen molar-refractivity contribution in [2.24, 2.45) is 0 Å². The van der Waals surface area contributed by atoms with Gasteiger partial charge in [0, 0.05) is 6.07 Å². The summed E-state index contributed by atoms with van der Waals surface area (Å²) in [5.74, 6) is 0.375. The van der Waals surface area contributed by atoms with Gasteiger partial charge in [0.25, 0.3) is 5.91 Å². The number of benzene rings is 1. The summed E-state index contributed by atoms with van der Waals surface area (Å²) < 4.78 is 20.2. The molecule has 0 spiro atoms.